The van der Waals surface area contributed by atoms with Crippen molar-refractivity contribution >= 4 is 0 Å². The molecule has 1 aromatic rings. The number of rotatable bonds is 5. The van der Waals surface area contributed by atoms with E-state index in [9.17, 15) is 5.11 Å². The van der Waals surface area contributed by atoms with Crippen molar-refractivity contribution < 1.29 is 19.3 Å². The van der Waals surface area contributed by atoms with Crippen molar-refractivity contribution in [2.24, 2.45) is 17.8 Å². The fourth-order valence-electron chi connectivity index (χ4n) is 4.03. The predicted molar refractivity (Wildman–Crippen MR) is 80.0 cm³/mol. The van der Waals surface area contributed by atoms with Gasteiger partial charge in [0.1, 0.15) is 17.2 Å². The van der Waals surface area contributed by atoms with Crippen LogP contribution in [0.1, 0.15) is 37.4 Å². The Morgan fingerprint density at radius 3 is 1.90 bits per heavy atom. The molecular weight excluding hydrogens is 268 g/mol. The third-order valence-electron chi connectivity index (χ3n) is 5.14. The van der Waals surface area contributed by atoms with E-state index in [0.717, 1.165) is 5.56 Å². The van der Waals surface area contributed by atoms with Crippen molar-refractivity contribution in [1.82, 2.24) is 0 Å². The summed E-state index contributed by atoms with van der Waals surface area (Å²) in [6, 6.07) is 3.63. The monoisotopic (exact) mass is 292 g/mol. The summed E-state index contributed by atoms with van der Waals surface area (Å²) in [6.07, 6.45) is 4.55. The van der Waals surface area contributed by atoms with Gasteiger partial charge in [0.05, 0.1) is 33.0 Å². The van der Waals surface area contributed by atoms with Gasteiger partial charge in [-0.1, -0.05) is 12.8 Å². The number of hydrogen-bond acceptors (Lipinski definition) is 4. The topological polar surface area (TPSA) is 47.9 Å². The van der Waals surface area contributed by atoms with Gasteiger partial charge in [0.2, 0.25) is 0 Å². The lowest BCUT2D eigenvalue weighted by molar-refractivity contribution is 0.134. The number of fused-ring (bicyclic) bond motifs is 1. The van der Waals surface area contributed by atoms with Crippen molar-refractivity contribution in [2.75, 3.05) is 21.3 Å². The summed E-state index contributed by atoms with van der Waals surface area (Å²) in [6.45, 7) is 0. The van der Waals surface area contributed by atoms with E-state index < -0.39 is 6.10 Å². The van der Waals surface area contributed by atoms with Crippen molar-refractivity contribution in [3.63, 3.8) is 0 Å². The maximum atomic E-state index is 10.9. The molecule has 0 aromatic heterocycles. The Morgan fingerprint density at radius 2 is 1.48 bits per heavy atom. The van der Waals surface area contributed by atoms with E-state index in [2.05, 4.69) is 0 Å². The van der Waals surface area contributed by atoms with Gasteiger partial charge < -0.3 is 19.3 Å². The van der Waals surface area contributed by atoms with Crippen molar-refractivity contribution in [1.29, 1.82) is 0 Å². The van der Waals surface area contributed by atoms with E-state index in [4.69, 9.17) is 14.2 Å². The maximum absolute atomic E-state index is 10.9. The maximum Gasteiger partial charge on any atom is 0.132 e. The number of aliphatic hydroxyl groups excluding tert-OH is 1. The molecule has 1 aromatic carbocycles. The summed E-state index contributed by atoms with van der Waals surface area (Å²) < 4.78 is 16.2. The molecule has 2 fully saturated rings. The quantitative estimate of drug-likeness (QED) is 0.905. The second-order valence-electron chi connectivity index (χ2n) is 6.08. The first kappa shape index (κ1) is 14.5. The Bertz CT molecular complexity index is 477. The molecular formula is C17H24O4. The highest BCUT2D eigenvalue weighted by molar-refractivity contribution is 5.52. The fourth-order valence-corrected chi connectivity index (χ4v) is 4.03. The molecule has 1 N–H and O–H groups in total. The van der Waals surface area contributed by atoms with Crippen LogP contribution in [-0.4, -0.2) is 26.4 Å². The molecule has 4 heteroatoms. The van der Waals surface area contributed by atoms with Crippen LogP contribution in [0.15, 0.2) is 12.1 Å². The Balaban J connectivity index is 1.93. The highest BCUT2D eigenvalue weighted by atomic mass is 16.5. The first-order valence-corrected chi connectivity index (χ1v) is 7.69. The SMILES string of the molecule is COc1cc(OC)c(C(O)C2C3CCCCC32)c(OC)c1. The number of aliphatic hydroxyl groups is 1. The van der Waals surface area contributed by atoms with Crippen LogP contribution in [0.4, 0.5) is 0 Å². The molecule has 0 saturated heterocycles. The van der Waals surface area contributed by atoms with E-state index in [0.29, 0.717) is 35.0 Å². The van der Waals surface area contributed by atoms with Crippen molar-refractivity contribution in [3.05, 3.63) is 17.7 Å². The molecule has 0 spiro atoms. The Kier molecular flexibility index (Phi) is 3.98. The summed E-state index contributed by atoms with van der Waals surface area (Å²) >= 11 is 0. The summed E-state index contributed by atoms with van der Waals surface area (Å²) in [5.41, 5.74) is 0.764. The standard InChI is InChI=1S/C17H24O4/c1-19-10-8-13(20-2)16(14(9-10)21-3)17(18)15-11-6-4-5-7-12(11)15/h8-9,11-12,15,17-18H,4-7H2,1-3H3. The zero-order valence-corrected chi connectivity index (χ0v) is 13.0. The third kappa shape index (κ3) is 2.46. The van der Waals surface area contributed by atoms with Crippen LogP contribution < -0.4 is 14.2 Å². The average molecular weight is 292 g/mol. The lowest BCUT2D eigenvalue weighted by Gasteiger charge is -2.19. The van der Waals surface area contributed by atoms with E-state index in [1.807, 2.05) is 12.1 Å². The molecule has 21 heavy (non-hydrogen) atoms. The smallest absolute Gasteiger partial charge is 0.132 e. The number of methoxy groups -OCH3 is 3. The summed E-state index contributed by atoms with van der Waals surface area (Å²) in [5, 5.41) is 10.9. The zero-order valence-electron chi connectivity index (χ0n) is 13.0. The van der Waals surface area contributed by atoms with Crippen LogP contribution in [0.25, 0.3) is 0 Å². The van der Waals surface area contributed by atoms with E-state index in [-0.39, 0.29) is 0 Å². The molecule has 2 aliphatic carbocycles. The molecule has 0 heterocycles. The number of hydrogen-bond donors (Lipinski definition) is 1. The van der Waals surface area contributed by atoms with Gasteiger partial charge in [-0.2, -0.15) is 0 Å². The second kappa shape index (κ2) is 5.76. The molecule has 3 atom stereocenters. The van der Waals surface area contributed by atoms with Gasteiger partial charge in [-0.05, 0) is 30.6 Å². The normalized spacial score (nSPS) is 28.5. The van der Waals surface area contributed by atoms with Gasteiger partial charge in [0.25, 0.3) is 0 Å². The van der Waals surface area contributed by atoms with Gasteiger partial charge in [0.15, 0.2) is 0 Å². The summed E-state index contributed by atoms with van der Waals surface area (Å²) in [5.74, 6) is 3.65. The van der Waals surface area contributed by atoms with Crippen LogP contribution in [0.3, 0.4) is 0 Å². The van der Waals surface area contributed by atoms with Crippen molar-refractivity contribution in [3.8, 4) is 17.2 Å². The molecule has 0 amide bonds. The van der Waals surface area contributed by atoms with Gasteiger partial charge >= 0.3 is 0 Å². The van der Waals surface area contributed by atoms with Crippen molar-refractivity contribution in [2.45, 2.75) is 31.8 Å². The van der Waals surface area contributed by atoms with Crippen LogP contribution in [0, 0.1) is 17.8 Å². The molecule has 0 aliphatic heterocycles. The zero-order chi connectivity index (χ0) is 15.0. The summed E-state index contributed by atoms with van der Waals surface area (Å²) in [7, 11) is 4.84. The molecule has 3 rings (SSSR count). The molecule has 0 bridgehead atoms. The van der Waals surface area contributed by atoms with Crippen LogP contribution in [0.5, 0.6) is 17.2 Å². The molecule has 116 valence electrons. The number of benzene rings is 1. The minimum Gasteiger partial charge on any atom is -0.496 e. The summed E-state index contributed by atoms with van der Waals surface area (Å²) in [4.78, 5) is 0. The second-order valence-corrected chi connectivity index (χ2v) is 6.08. The van der Waals surface area contributed by atoms with Crippen LogP contribution in [0.2, 0.25) is 0 Å². The lowest BCUT2D eigenvalue weighted by Crippen LogP contribution is -2.07. The van der Waals surface area contributed by atoms with Gasteiger partial charge in [-0.3, -0.25) is 0 Å². The minimum absolute atomic E-state index is 0.351. The Labute approximate surface area is 126 Å². The fraction of sp³-hybridized carbons (Fsp3) is 0.647. The Morgan fingerprint density at radius 1 is 0.952 bits per heavy atom. The van der Waals surface area contributed by atoms with Gasteiger partial charge in [0, 0.05) is 12.1 Å². The van der Waals surface area contributed by atoms with Crippen LogP contribution in [-0.2, 0) is 0 Å². The first-order chi connectivity index (χ1) is 10.2. The molecule has 3 unspecified atom stereocenters. The van der Waals surface area contributed by atoms with Crippen LogP contribution >= 0.6 is 0 Å². The first-order valence-electron chi connectivity index (χ1n) is 7.69. The molecule has 4 nitrogen and oxygen atoms in total. The van der Waals surface area contributed by atoms with Gasteiger partial charge in [-0.25, -0.2) is 0 Å². The highest BCUT2D eigenvalue weighted by Crippen LogP contribution is 2.62. The lowest BCUT2D eigenvalue weighted by atomic mass is 10.00. The van der Waals surface area contributed by atoms with Gasteiger partial charge in [-0.15, -0.1) is 0 Å². The molecule has 0 radical (unpaired) electrons. The highest BCUT2D eigenvalue weighted by Gasteiger charge is 2.55. The van der Waals surface area contributed by atoms with E-state index in [1.54, 1.807) is 21.3 Å². The Hall–Kier alpha value is -1.42. The third-order valence-corrected chi connectivity index (χ3v) is 5.14. The number of ether oxygens (including phenoxy) is 3. The average Bonchev–Trinajstić information content (AvgIpc) is 3.27. The largest absolute Gasteiger partial charge is 0.496 e. The molecule has 2 aliphatic rings. The van der Waals surface area contributed by atoms with E-state index in [1.165, 1.54) is 25.7 Å². The predicted octanol–water partition coefficient (Wildman–Crippen LogP) is 3.18. The minimum atomic E-state index is -0.520. The molecule has 2 saturated carbocycles. The van der Waals surface area contributed by atoms with E-state index >= 15 is 0 Å².